The number of hydrogen-bond acceptors (Lipinski definition) is 4. The molecule has 2 aromatic rings. The third-order valence-electron chi connectivity index (χ3n) is 4.13. The van der Waals surface area contributed by atoms with Crippen LogP contribution in [0.15, 0.2) is 35.5 Å². The Kier molecular flexibility index (Phi) is 7.45. The van der Waals surface area contributed by atoms with Gasteiger partial charge in [0.1, 0.15) is 5.75 Å². The molecule has 2 N–H and O–H groups in total. The van der Waals surface area contributed by atoms with Crippen molar-refractivity contribution in [1.82, 2.24) is 15.6 Å². The maximum atomic E-state index is 5.35. The summed E-state index contributed by atoms with van der Waals surface area (Å²) in [6, 6.07) is 8.21. The van der Waals surface area contributed by atoms with Crippen LogP contribution in [-0.2, 0) is 11.8 Å². The van der Waals surface area contributed by atoms with Gasteiger partial charge in [0.05, 0.1) is 18.7 Å². The summed E-state index contributed by atoms with van der Waals surface area (Å²) in [5, 5.41) is 7.88. The molecule has 0 fully saturated rings. The van der Waals surface area contributed by atoms with Gasteiger partial charge in [0, 0.05) is 36.0 Å². The normalized spacial score (nSPS) is 12.1. The van der Waals surface area contributed by atoms with Crippen LogP contribution in [0.5, 0.6) is 5.75 Å². The SMILES string of the molecule is CCNC(=NCC(C)(C)c1cccc(OC)c1)NCCc1ncc(C)s1. The fourth-order valence-electron chi connectivity index (χ4n) is 2.56. The largest absolute Gasteiger partial charge is 0.497 e. The molecule has 0 bridgehead atoms. The molecule has 0 saturated heterocycles. The van der Waals surface area contributed by atoms with E-state index in [9.17, 15) is 0 Å². The molecule has 0 atom stereocenters. The maximum absolute atomic E-state index is 5.35. The number of nitrogens with zero attached hydrogens (tertiary/aromatic N) is 2. The highest BCUT2D eigenvalue weighted by Gasteiger charge is 2.21. The van der Waals surface area contributed by atoms with Crippen molar-refractivity contribution >= 4 is 17.3 Å². The quantitative estimate of drug-likeness (QED) is 0.548. The highest BCUT2D eigenvalue weighted by Crippen LogP contribution is 2.26. The van der Waals surface area contributed by atoms with E-state index in [0.717, 1.165) is 36.2 Å². The van der Waals surface area contributed by atoms with Crippen LogP contribution in [0.3, 0.4) is 0 Å². The lowest BCUT2D eigenvalue weighted by Crippen LogP contribution is -2.39. The number of aliphatic imine (C=N–C) groups is 1. The molecule has 0 aliphatic carbocycles. The first-order chi connectivity index (χ1) is 12.4. The third kappa shape index (κ3) is 6.02. The second-order valence-corrected chi connectivity index (χ2v) is 8.17. The summed E-state index contributed by atoms with van der Waals surface area (Å²) in [4.78, 5) is 10.4. The van der Waals surface area contributed by atoms with E-state index in [1.165, 1.54) is 10.4 Å². The van der Waals surface area contributed by atoms with Gasteiger partial charge in [0.15, 0.2) is 5.96 Å². The Hall–Kier alpha value is -2.08. The second-order valence-electron chi connectivity index (χ2n) is 6.85. The van der Waals surface area contributed by atoms with Crippen LogP contribution in [0.1, 0.15) is 36.2 Å². The lowest BCUT2D eigenvalue weighted by molar-refractivity contribution is 0.412. The first-order valence-electron chi connectivity index (χ1n) is 9.02. The summed E-state index contributed by atoms with van der Waals surface area (Å²) >= 11 is 1.75. The van der Waals surface area contributed by atoms with E-state index >= 15 is 0 Å². The number of thiazole rings is 1. The van der Waals surface area contributed by atoms with Crippen molar-refractivity contribution in [3.8, 4) is 5.75 Å². The molecule has 6 heteroatoms. The smallest absolute Gasteiger partial charge is 0.191 e. The molecule has 0 radical (unpaired) electrons. The molecule has 0 unspecified atom stereocenters. The fraction of sp³-hybridized carbons (Fsp3) is 0.500. The van der Waals surface area contributed by atoms with Gasteiger partial charge in [-0.3, -0.25) is 4.99 Å². The molecular formula is C20H30N4OS. The topological polar surface area (TPSA) is 58.5 Å². The van der Waals surface area contributed by atoms with Gasteiger partial charge in [0.25, 0.3) is 0 Å². The number of nitrogens with one attached hydrogen (secondary N) is 2. The maximum Gasteiger partial charge on any atom is 0.191 e. The van der Waals surface area contributed by atoms with Crippen LogP contribution in [0.25, 0.3) is 0 Å². The molecule has 2 rings (SSSR count). The van der Waals surface area contributed by atoms with E-state index in [1.807, 2.05) is 18.3 Å². The van der Waals surface area contributed by atoms with Gasteiger partial charge in [-0.05, 0) is 31.5 Å². The number of aryl methyl sites for hydroxylation is 1. The molecule has 0 saturated carbocycles. The molecule has 0 spiro atoms. The van der Waals surface area contributed by atoms with Crippen LogP contribution in [-0.4, -0.2) is 37.7 Å². The molecule has 142 valence electrons. The van der Waals surface area contributed by atoms with E-state index in [0.29, 0.717) is 6.54 Å². The van der Waals surface area contributed by atoms with Gasteiger partial charge in [-0.15, -0.1) is 11.3 Å². The highest BCUT2D eigenvalue weighted by atomic mass is 32.1. The first-order valence-corrected chi connectivity index (χ1v) is 9.84. The number of methoxy groups -OCH3 is 1. The van der Waals surface area contributed by atoms with Gasteiger partial charge in [-0.1, -0.05) is 26.0 Å². The summed E-state index contributed by atoms with van der Waals surface area (Å²) in [6.07, 6.45) is 2.83. The Balaban J connectivity index is 1.97. The summed E-state index contributed by atoms with van der Waals surface area (Å²) in [5.41, 5.74) is 1.14. The molecular weight excluding hydrogens is 344 g/mol. The Morgan fingerprint density at radius 1 is 1.31 bits per heavy atom. The molecule has 0 aliphatic rings. The zero-order valence-electron chi connectivity index (χ0n) is 16.4. The average Bonchev–Trinajstić information content (AvgIpc) is 3.05. The van der Waals surface area contributed by atoms with Crippen molar-refractivity contribution < 1.29 is 4.74 Å². The van der Waals surface area contributed by atoms with Gasteiger partial charge < -0.3 is 15.4 Å². The Morgan fingerprint density at radius 3 is 2.77 bits per heavy atom. The Labute approximate surface area is 160 Å². The van der Waals surface area contributed by atoms with Gasteiger partial charge >= 0.3 is 0 Å². The molecule has 1 aromatic heterocycles. The summed E-state index contributed by atoms with van der Waals surface area (Å²) < 4.78 is 5.35. The standard InChI is InChI=1S/C20H30N4OS/c1-6-21-19(22-11-10-18-23-13-15(2)26-18)24-14-20(3,4)16-8-7-9-17(12-16)25-5/h7-9,12-13H,6,10-11,14H2,1-5H3,(H2,21,22,24). The van der Waals surface area contributed by atoms with E-state index in [-0.39, 0.29) is 5.41 Å². The summed E-state index contributed by atoms with van der Waals surface area (Å²) in [5.74, 6) is 1.72. The average molecular weight is 375 g/mol. The number of benzene rings is 1. The summed E-state index contributed by atoms with van der Waals surface area (Å²) in [7, 11) is 1.70. The van der Waals surface area contributed by atoms with Crippen molar-refractivity contribution in [2.45, 2.75) is 39.5 Å². The number of guanidine groups is 1. The molecule has 0 aliphatic heterocycles. The zero-order valence-corrected chi connectivity index (χ0v) is 17.2. The predicted octanol–water partition coefficient (Wildman–Crippen LogP) is 3.54. The van der Waals surface area contributed by atoms with Crippen molar-refractivity contribution in [2.75, 3.05) is 26.7 Å². The van der Waals surface area contributed by atoms with Gasteiger partial charge in [-0.2, -0.15) is 0 Å². The van der Waals surface area contributed by atoms with Gasteiger partial charge in [0.2, 0.25) is 0 Å². The summed E-state index contributed by atoms with van der Waals surface area (Å²) in [6.45, 7) is 10.9. The monoisotopic (exact) mass is 374 g/mol. The van der Waals surface area contributed by atoms with Crippen LogP contribution in [0.2, 0.25) is 0 Å². The van der Waals surface area contributed by atoms with E-state index in [1.54, 1.807) is 18.4 Å². The van der Waals surface area contributed by atoms with Gasteiger partial charge in [-0.25, -0.2) is 4.98 Å². The highest BCUT2D eigenvalue weighted by molar-refractivity contribution is 7.11. The van der Waals surface area contributed by atoms with Crippen molar-refractivity contribution in [1.29, 1.82) is 0 Å². The molecule has 5 nitrogen and oxygen atoms in total. The minimum atomic E-state index is -0.0800. The lowest BCUT2D eigenvalue weighted by Gasteiger charge is -2.24. The zero-order chi connectivity index (χ0) is 19.0. The molecule has 0 amide bonds. The van der Waals surface area contributed by atoms with Crippen LogP contribution in [0.4, 0.5) is 0 Å². The minimum absolute atomic E-state index is 0.0800. The Bertz CT molecular complexity index is 724. The number of rotatable bonds is 8. The van der Waals surface area contributed by atoms with Crippen LogP contribution in [0, 0.1) is 6.92 Å². The van der Waals surface area contributed by atoms with E-state index < -0.39 is 0 Å². The molecule has 1 aromatic carbocycles. The minimum Gasteiger partial charge on any atom is -0.497 e. The number of ether oxygens (including phenoxy) is 1. The van der Waals surface area contributed by atoms with Crippen molar-refractivity contribution in [3.05, 3.63) is 45.9 Å². The number of aromatic nitrogens is 1. The first kappa shape index (κ1) is 20.2. The molecule has 26 heavy (non-hydrogen) atoms. The Morgan fingerprint density at radius 2 is 2.12 bits per heavy atom. The second kappa shape index (κ2) is 9.57. The van der Waals surface area contributed by atoms with Crippen molar-refractivity contribution in [2.24, 2.45) is 4.99 Å². The lowest BCUT2D eigenvalue weighted by atomic mass is 9.85. The fourth-order valence-corrected chi connectivity index (χ4v) is 3.35. The number of hydrogen-bond donors (Lipinski definition) is 2. The predicted molar refractivity (Wildman–Crippen MR) is 111 cm³/mol. The third-order valence-corrected chi connectivity index (χ3v) is 5.10. The van der Waals surface area contributed by atoms with E-state index in [2.05, 4.69) is 55.4 Å². The van der Waals surface area contributed by atoms with Crippen molar-refractivity contribution in [3.63, 3.8) is 0 Å². The van der Waals surface area contributed by atoms with E-state index in [4.69, 9.17) is 9.73 Å². The molecule has 1 heterocycles. The van der Waals surface area contributed by atoms with Crippen LogP contribution < -0.4 is 15.4 Å². The van der Waals surface area contributed by atoms with Crippen LogP contribution >= 0.6 is 11.3 Å².